The van der Waals surface area contributed by atoms with Gasteiger partial charge in [0.1, 0.15) is 11.6 Å². The van der Waals surface area contributed by atoms with Crippen molar-refractivity contribution in [2.24, 2.45) is 0 Å². The van der Waals surface area contributed by atoms with Gasteiger partial charge in [-0.1, -0.05) is 6.07 Å². The second-order valence-electron chi connectivity index (χ2n) is 3.91. The van der Waals surface area contributed by atoms with Crippen LogP contribution in [0.4, 0.5) is 10.1 Å². The summed E-state index contributed by atoms with van der Waals surface area (Å²) in [6.45, 7) is 1.41. The van der Waals surface area contributed by atoms with Gasteiger partial charge in [-0.25, -0.2) is 4.39 Å². The summed E-state index contributed by atoms with van der Waals surface area (Å²) < 4.78 is 24.1. The van der Waals surface area contributed by atoms with Crippen LogP contribution in [-0.4, -0.2) is 20.3 Å². The molecule has 0 saturated carbocycles. The van der Waals surface area contributed by atoms with E-state index in [2.05, 4.69) is 5.32 Å². The molecule has 0 aliphatic carbocycles. The molecule has 0 unspecified atom stereocenters. The van der Waals surface area contributed by atoms with Gasteiger partial charge in [0, 0.05) is 25.9 Å². The molecular weight excluding hydrogens is 233 g/mol. The minimum atomic E-state index is -0.290. The fourth-order valence-electron chi connectivity index (χ4n) is 1.78. The van der Waals surface area contributed by atoms with Gasteiger partial charge in [-0.15, -0.1) is 0 Å². The summed E-state index contributed by atoms with van der Waals surface area (Å²) >= 11 is 0. The SMILES string of the molecule is COCCCNc1cccc(F)c1-c1ccco1. The molecule has 4 heteroatoms. The Bertz CT molecular complexity index is 483. The smallest absolute Gasteiger partial charge is 0.138 e. The second-order valence-corrected chi connectivity index (χ2v) is 3.91. The van der Waals surface area contributed by atoms with E-state index in [1.54, 1.807) is 25.3 Å². The van der Waals surface area contributed by atoms with Crippen molar-refractivity contribution in [2.75, 3.05) is 25.6 Å². The molecule has 3 nitrogen and oxygen atoms in total. The highest BCUT2D eigenvalue weighted by Crippen LogP contribution is 2.30. The molecule has 0 saturated heterocycles. The Labute approximate surface area is 106 Å². The highest BCUT2D eigenvalue weighted by atomic mass is 19.1. The maximum atomic E-state index is 13.9. The van der Waals surface area contributed by atoms with E-state index in [0.29, 0.717) is 17.9 Å². The molecule has 0 bridgehead atoms. The number of hydrogen-bond acceptors (Lipinski definition) is 3. The third kappa shape index (κ3) is 2.90. The molecule has 0 aliphatic rings. The zero-order valence-corrected chi connectivity index (χ0v) is 10.3. The van der Waals surface area contributed by atoms with E-state index >= 15 is 0 Å². The molecule has 2 aromatic rings. The van der Waals surface area contributed by atoms with Gasteiger partial charge in [0.25, 0.3) is 0 Å². The predicted molar refractivity (Wildman–Crippen MR) is 69.1 cm³/mol. The monoisotopic (exact) mass is 249 g/mol. The van der Waals surface area contributed by atoms with E-state index < -0.39 is 0 Å². The first-order valence-electron chi connectivity index (χ1n) is 5.88. The van der Waals surface area contributed by atoms with Gasteiger partial charge in [-0.2, -0.15) is 0 Å². The van der Waals surface area contributed by atoms with Crippen LogP contribution in [-0.2, 0) is 4.74 Å². The lowest BCUT2D eigenvalue weighted by molar-refractivity contribution is 0.198. The Hall–Kier alpha value is -1.81. The summed E-state index contributed by atoms with van der Waals surface area (Å²) in [5.74, 6) is 0.240. The van der Waals surface area contributed by atoms with Crippen molar-refractivity contribution < 1.29 is 13.5 Å². The number of benzene rings is 1. The van der Waals surface area contributed by atoms with Crippen LogP contribution in [0.25, 0.3) is 11.3 Å². The number of methoxy groups -OCH3 is 1. The van der Waals surface area contributed by atoms with Crippen LogP contribution in [0.15, 0.2) is 41.0 Å². The zero-order chi connectivity index (χ0) is 12.8. The fraction of sp³-hybridized carbons (Fsp3) is 0.286. The number of furan rings is 1. The minimum Gasteiger partial charge on any atom is -0.464 e. The van der Waals surface area contributed by atoms with Gasteiger partial charge in [-0.3, -0.25) is 0 Å². The molecule has 1 aromatic heterocycles. The van der Waals surface area contributed by atoms with Crippen LogP contribution in [0.2, 0.25) is 0 Å². The summed E-state index contributed by atoms with van der Waals surface area (Å²) in [5, 5.41) is 3.20. The quantitative estimate of drug-likeness (QED) is 0.795. The summed E-state index contributed by atoms with van der Waals surface area (Å²) in [6, 6.07) is 8.45. The van der Waals surface area contributed by atoms with Crippen molar-refractivity contribution in [1.29, 1.82) is 0 Å². The molecule has 0 atom stereocenters. The molecular formula is C14H16FNO2. The Morgan fingerprint density at radius 1 is 1.28 bits per heavy atom. The molecule has 96 valence electrons. The number of nitrogens with one attached hydrogen (secondary N) is 1. The highest BCUT2D eigenvalue weighted by Gasteiger charge is 2.12. The molecule has 0 fully saturated rings. The van der Waals surface area contributed by atoms with Gasteiger partial charge in [0.2, 0.25) is 0 Å². The van der Waals surface area contributed by atoms with Crippen molar-refractivity contribution in [1.82, 2.24) is 0 Å². The summed E-state index contributed by atoms with van der Waals surface area (Å²) in [6.07, 6.45) is 2.40. The van der Waals surface area contributed by atoms with Crippen LogP contribution in [0.3, 0.4) is 0 Å². The molecule has 1 aromatic carbocycles. The first kappa shape index (κ1) is 12.6. The Morgan fingerprint density at radius 3 is 2.89 bits per heavy atom. The van der Waals surface area contributed by atoms with Gasteiger partial charge >= 0.3 is 0 Å². The highest BCUT2D eigenvalue weighted by molar-refractivity contribution is 5.75. The largest absolute Gasteiger partial charge is 0.464 e. The topological polar surface area (TPSA) is 34.4 Å². The summed E-state index contributed by atoms with van der Waals surface area (Å²) in [7, 11) is 1.66. The normalized spacial score (nSPS) is 10.6. The molecule has 18 heavy (non-hydrogen) atoms. The number of hydrogen-bond donors (Lipinski definition) is 1. The Morgan fingerprint density at radius 2 is 2.17 bits per heavy atom. The maximum Gasteiger partial charge on any atom is 0.138 e. The number of ether oxygens (including phenoxy) is 1. The lowest BCUT2D eigenvalue weighted by Crippen LogP contribution is -2.06. The van der Waals surface area contributed by atoms with Crippen molar-refractivity contribution in [3.63, 3.8) is 0 Å². The van der Waals surface area contributed by atoms with Crippen LogP contribution < -0.4 is 5.32 Å². The molecule has 0 radical (unpaired) electrons. The molecule has 1 heterocycles. The standard InChI is InChI=1S/C14H16FNO2/c1-17-9-4-8-16-12-6-2-5-11(15)14(12)13-7-3-10-18-13/h2-3,5-7,10,16H,4,8-9H2,1H3. The predicted octanol–water partition coefficient (Wildman–Crippen LogP) is 3.53. The zero-order valence-electron chi connectivity index (χ0n) is 10.3. The van der Waals surface area contributed by atoms with Gasteiger partial charge < -0.3 is 14.5 Å². The first-order valence-corrected chi connectivity index (χ1v) is 5.88. The lowest BCUT2D eigenvalue weighted by Gasteiger charge is -2.11. The molecule has 1 N–H and O–H groups in total. The van der Waals surface area contributed by atoms with Crippen molar-refractivity contribution in [3.8, 4) is 11.3 Å². The molecule has 0 aliphatic heterocycles. The third-order valence-electron chi connectivity index (χ3n) is 2.62. The van der Waals surface area contributed by atoms with Crippen LogP contribution in [0.1, 0.15) is 6.42 Å². The lowest BCUT2D eigenvalue weighted by atomic mass is 10.1. The number of halogens is 1. The van der Waals surface area contributed by atoms with Gasteiger partial charge in [-0.05, 0) is 30.7 Å². The van der Waals surface area contributed by atoms with E-state index in [0.717, 1.165) is 18.7 Å². The molecule has 2 rings (SSSR count). The summed E-state index contributed by atoms with van der Waals surface area (Å²) in [5.41, 5.74) is 1.21. The fourth-order valence-corrected chi connectivity index (χ4v) is 1.78. The van der Waals surface area contributed by atoms with E-state index in [9.17, 15) is 4.39 Å². The Kier molecular flexibility index (Phi) is 4.36. The van der Waals surface area contributed by atoms with Gasteiger partial charge in [0.05, 0.1) is 11.8 Å². The van der Waals surface area contributed by atoms with E-state index in [-0.39, 0.29) is 5.82 Å². The summed E-state index contributed by atoms with van der Waals surface area (Å²) in [4.78, 5) is 0. The first-order chi connectivity index (χ1) is 8.83. The van der Waals surface area contributed by atoms with E-state index in [1.807, 2.05) is 6.07 Å². The van der Waals surface area contributed by atoms with Crippen molar-refractivity contribution in [3.05, 3.63) is 42.4 Å². The second kappa shape index (κ2) is 6.21. The minimum absolute atomic E-state index is 0.290. The van der Waals surface area contributed by atoms with Crippen molar-refractivity contribution >= 4 is 5.69 Å². The number of rotatable bonds is 6. The third-order valence-corrected chi connectivity index (χ3v) is 2.62. The Balaban J connectivity index is 2.17. The van der Waals surface area contributed by atoms with Crippen LogP contribution in [0.5, 0.6) is 0 Å². The average molecular weight is 249 g/mol. The van der Waals surface area contributed by atoms with Gasteiger partial charge in [0.15, 0.2) is 0 Å². The van der Waals surface area contributed by atoms with E-state index in [4.69, 9.17) is 9.15 Å². The molecule has 0 amide bonds. The average Bonchev–Trinajstić information content (AvgIpc) is 2.88. The van der Waals surface area contributed by atoms with Crippen LogP contribution in [0, 0.1) is 5.82 Å². The molecule has 0 spiro atoms. The maximum absolute atomic E-state index is 13.9. The van der Waals surface area contributed by atoms with Crippen molar-refractivity contribution in [2.45, 2.75) is 6.42 Å². The number of anilines is 1. The van der Waals surface area contributed by atoms with Crippen LogP contribution >= 0.6 is 0 Å². The van der Waals surface area contributed by atoms with E-state index in [1.165, 1.54) is 12.3 Å².